The predicted molar refractivity (Wildman–Crippen MR) is 65.9 cm³/mol. The lowest BCUT2D eigenvalue weighted by atomic mass is 10.0. The first-order valence-electron chi connectivity index (χ1n) is 5.81. The second-order valence-corrected chi connectivity index (χ2v) is 3.99. The summed E-state index contributed by atoms with van der Waals surface area (Å²) in [6, 6.07) is 7.07. The van der Waals surface area contributed by atoms with Crippen molar-refractivity contribution in [3.05, 3.63) is 35.9 Å². The van der Waals surface area contributed by atoms with Gasteiger partial charge in [-0.1, -0.05) is 37.3 Å². The SMILES string of the molecule is CCCC(=O)N[C@H](C(=O)O)C(O)c1ccccc1. The van der Waals surface area contributed by atoms with Crippen LogP contribution in [-0.2, 0) is 9.59 Å². The van der Waals surface area contributed by atoms with Gasteiger partial charge in [-0.2, -0.15) is 0 Å². The molecule has 0 aliphatic carbocycles. The van der Waals surface area contributed by atoms with Crippen LogP contribution < -0.4 is 5.32 Å². The summed E-state index contributed by atoms with van der Waals surface area (Å²) >= 11 is 0. The second kappa shape index (κ2) is 6.76. The van der Waals surface area contributed by atoms with E-state index in [0.717, 1.165) is 0 Å². The first-order valence-corrected chi connectivity index (χ1v) is 5.81. The number of aliphatic hydroxyl groups excluding tert-OH is 1. The highest BCUT2D eigenvalue weighted by molar-refractivity contribution is 5.84. The maximum absolute atomic E-state index is 11.4. The molecule has 0 aliphatic rings. The van der Waals surface area contributed by atoms with Crippen molar-refractivity contribution in [2.75, 3.05) is 0 Å². The van der Waals surface area contributed by atoms with Crippen LogP contribution in [0.25, 0.3) is 0 Å². The number of aliphatic hydroxyl groups is 1. The van der Waals surface area contributed by atoms with Crippen molar-refractivity contribution in [1.29, 1.82) is 0 Å². The number of aliphatic carboxylic acids is 1. The van der Waals surface area contributed by atoms with E-state index in [-0.39, 0.29) is 12.3 Å². The molecule has 0 spiro atoms. The topological polar surface area (TPSA) is 86.6 Å². The van der Waals surface area contributed by atoms with E-state index in [0.29, 0.717) is 12.0 Å². The number of carboxylic acid groups (broad SMARTS) is 1. The summed E-state index contributed by atoms with van der Waals surface area (Å²) in [6.07, 6.45) is -0.394. The minimum absolute atomic E-state index is 0.241. The summed E-state index contributed by atoms with van der Waals surface area (Å²) < 4.78 is 0. The molecule has 1 rings (SSSR count). The number of amides is 1. The normalized spacial score (nSPS) is 13.7. The van der Waals surface area contributed by atoms with Gasteiger partial charge in [0.1, 0.15) is 6.10 Å². The van der Waals surface area contributed by atoms with Crippen molar-refractivity contribution in [3.63, 3.8) is 0 Å². The molecule has 1 aromatic rings. The predicted octanol–water partition coefficient (Wildman–Crippen LogP) is 1.09. The zero-order valence-corrected chi connectivity index (χ0v) is 10.2. The lowest BCUT2D eigenvalue weighted by Crippen LogP contribution is -2.44. The Hall–Kier alpha value is -1.88. The van der Waals surface area contributed by atoms with E-state index < -0.39 is 18.1 Å². The van der Waals surface area contributed by atoms with E-state index in [4.69, 9.17) is 5.11 Å². The summed E-state index contributed by atoms with van der Waals surface area (Å²) in [5.41, 5.74) is 0.460. The zero-order valence-electron chi connectivity index (χ0n) is 10.2. The Labute approximate surface area is 105 Å². The molecule has 3 N–H and O–H groups in total. The molecule has 5 heteroatoms. The highest BCUT2D eigenvalue weighted by atomic mass is 16.4. The number of carbonyl (C=O) groups excluding carboxylic acids is 1. The number of hydrogen-bond acceptors (Lipinski definition) is 3. The Bertz CT molecular complexity index is 405. The average molecular weight is 251 g/mol. The molecule has 1 aromatic carbocycles. The van der Waals surface area contributed by atoms with Crippen molar-refractivity contribution >= 4 is 11.9 Å². The standard InChI is InChI=1S/C13H17NO4/c1-2-6-10(15)14-11(13(17)18)12(16)9-7-4-3-5-8-9/h3-5,7-8,11-12,16H,2,6H2,1H3,(H,14,15)(H,17,18)/t11-,12?/m0/s1. The lowest BCUT2D eigenvalue weighted by Gasteiger charge is -2.20. The smallest absolute Gasteiger partial charge is 0.329 e. The van der Waals surface area contributed by atoms with E-state index in [1.807, 2.05) is 6.92 Å². The molecule has 18 heavy (non-hydrogen) atoms. The monoisotopic (exact) mass is 251 g/mol. The van der Waals surface area contributed by atoms with Gasteiger partial charge in [0.2, 0.25) is 5.91 Å². The Morgan fingerprint density at radius 2 is 1.89 bits per heavy atom. The van der Waals surface area contributed by atoms with Crippen molar-refractivity contribution in [2.24, 2.45) is 0 Å². The minimum atomic E-state index is -1.33. The van der Waals surface area contributed by atoms with Gasteiger partial charge in [0.25, 0.3) is 0 Å². The van der Waals surface area contributed by atoms with Gasteiger partial charge >= 0.3 is 5.97 Å². The van der Waals surface area contributed by atoms with Crippen LogP contribution in [-0.4, -0.2) is 28.1 Å². The maximum atomic E-state index is 11.4. The molecule has 2 atom stereocenters. The van der Waals surface area contributed by atoms with Crippen LogP contribution in [0.3, 0.4) is 0 Å². The van der Waals surface area contributed by atoms with Gasteiger partial charge in [-0.15, -0.1) is 0 Å². The fourth-order valence-electron chi connectivity index (χ4n) is 1.59. The summed E-state index contributed by atoms with van der Waals surface area (Å²) in [6.45, 7) is 1.82. The number of carboxylic acids is 1. The van der Waals surface area contributed by atoms with Gasteiger partial charge in [0.15, 0.2) is 6.04 Å². The number of nitrogens with one attached hydrogen (secondary N) is 1. The average Bonchev–Trinajstić information content (AvgIpc) is 2.36. The molecular formula is C13H17NO4. The van der Waals surface area contributed by atoms with E-state index in [9.17, 15) is 14.7 Å². The summed E-state index contributed by atoms with van der Waals surface area (Å²) in [5, 5.41) is 21.3. The van der Waals surface area contributed by atoms with Crippen molar-refractivity contribution in [1.82, 2.24) is 5.32 Å². The molecule has 0 aromatic heterocycles. The highest BCUT2D eigenvalue weighted by Gasteiger charge is 2.28. The molecule has 1 amide bonds. The quantitative estimate of drug-likeness (QED) is 0.706. The molecule has 0 saturated carbocycles. The molecule has 0 heterocycles. The molecule has 0 saturated heterocycles. The van der Waals surface area contributed by atoms with Crippen LogP contribution in [0.15, 0.2) is 30.3 Å². The van der Waals surface area contributed by atoms with Gasteiger partial charge in [-0.05, 0) is 12.0 Å². The number of carbonyl (C=O) groups is 2. The van der Waals surface area contributed by atoms with E-state index in [2.05, 4.69) is 5.32 Å². The summed E-state index contributed by atoms with van der Waals surface area (Å²) in [5.74, 6) is -1.63. The van der Waals surface area contributed by atoms with Gasteiger partial charge in [-0.3, -0.25) is 4.79 Å². The van der Waals surface area contributed by atoms with Crippen LogP contribution in [0.2, 0.25) is 0 Å². The third-order valence-corrected chi connectivity index (χ3v) is 2.52. The molecule has 1 unspecified atom stereocenters. The van der Waals surface area contributed by atoms with Crippen molar-refractivity contribution in [3.8, 4) is 0 Å². The van der Waals surface area contributed by atoms with Gasteiger partial charge in [-0.25, -0.2) is 4.79 Å². The molecule has 5 nitrogen and oxygen atoms in total. The molecule has 0 bridgehead atoms. The Kier molecular flexibility index (Phi) is 5.32. The van der Waals surface area contributed by atoms with E-state index in [1.165, 1.54) is 0 Å². The van der Waals surface area contributed by atoms with E-state index in [1.54, 1.807) is 30.3 Å². The van der Waals surface area contributed by atoms with Crippen LogP contribution in [0.5, 0.6) is 0 Å². The summed E-state index contributed by atoms with van der Waals surface area (Å²) in [7, 11) is 0. The Morgan fingerprint density at radius 3 is 2.39 bits per heavy atom. The third-order valence-electron chi connectivity index (χ3n) is 2.52. The van der Waals surface area contributed by atoms with Crippen LogP contribution in [0.4, 0.5) is 0 Å². The lowest BCUT2D eigenvalue weighted by molar-refractivity contribution is -0.145. The first-order chi connectivity index (χ1) is 8.56. The number of hydrogen-bond donors (Lipinski definition) is 3. The number of benzene rings is 1. The third kappa shape index (κ3) is 3.85. The molecule has 98 valence electrons. The second-order valence-electron chi connectivity index (χ2n) is 3.99. The minimum Gasteiger partial charge on any atom is -0.480 e. The summed E-state index contributed by atoms with van der Waals surface area (Å²) in [4.78, 5) is 22.5. The van der Waals surface area contributed by atoms with Gasteiger partial charge < -0.3 is 15.5 Å². The Morgan fingerprint density at radius 1 is 1.28 bits per heavy atom. The van der Waals surface area contributed by atoms with E-state index >= 15 is 0 Å². The van der Waals surface area contributed by atoms with Gasteiger partial charge in [0, 0.05) is 6.42 Å². The van der Waals surface area contributed by atoms with Crippen molar-refractivity contribution < 1.29 is 19.8 Å². The van der Waals surface area contributed by atoms with Crippen molar-refractivity contribution in [2.45, 2.75) is 31.9 Å². The molecular weight excluding hydrogens is 234 g/mol. The molecule has 0 fully saturated rings. The zero-order chi connectivity index (χ0) is 13.5. The largest absolute Gasteiger partial charge is 0.480 e. The number of rotatable bonds is 6. The fraction of sp³-hybridized carbons (Fsp3) is 0.385. The highest BCUT2D eigenvalue weighted by Crippen LogP contribution is 2.16. The molecule has 0 radical (unpaired) electrons. The maximum Gasteiger partial charge on any atom is 0.329 e. The molecule has 0 aliphatic heterocycles. The first kappa shape index (κ1) is 14.2. The van der Waals surface area contributed by atoms with Crippen LogP contribution in [0.1, 0.15) is 31.4 Å². The van der Waals surface area contributed by atoms with Crippen LogP contribution in [0, 0.1) is 0 Å². The Balaban J connectivity index is 2.79. The van der Waals surface area contributed by atoms with Crippen LogP contribution >= 0.6 is 0 Å². The fourth-order valence-corrected chi connectivity index (χ4v) is 1.59. The van der Waals surface area contributed by atoms with Gasteiger partial charge in [0.05, 0.1) is 0 Å².